The monoisotopic (exact) mass is 340 g/mol. The van der Waals surface area contributed by atoms with Crippen LogP contribution < -0.4 is 9.47 Å². The SMILES string of the molecule is COc1ccc([C@H]2CCCN2C(=O)Cc2ccc(C)nc2)c(OC)c1. The molecule has 0 spiro atoms. The molecule has 1 fully saturated rings. The average Bonchev–Trinajstić information content (AvgIpc) is 3.12. The lowest BCUT2D eigenvalue weighted by Crippen LogP contribution is -2.32. The number of benzene rings is 1. The molecular weight excluding hydrogens is 316 g/mol. The summed E-state index contributed by atoms with van der Waals surface area (Å²) in [4.78, 5) is 19.1. The molecule has 2 heterocycles. The molecule has 0 aliphatic carbocycles. The van der Waals surface area contributed by atoms with E-state index in [4.69, 9.17) is 9.47 Å². The van der Waals surface area contributed by atoms with Gasteiger partial charge in [0.25, 0.3) is 0 Å². The van der Waals surface area contributed by atoms with Crippen LogP contribution in [0.1, 0.15) is 35.7 Å². The fourth-order valence-corrected chi connectivity index (χ4v) is 3.36. The third kappa shape index (κ3) is 3.76. The van der Waals surface area contributed by atoms with Crippen LogP contribution in [-0.4, -0.2) is 36.6 Å². The Morgan fingerprint density at radius 2 is 2.08 bits per heavy atom. The number of nitrogens with zero attached hydrogens (tertiary/aromatic N) is 2. The van der Waals surface area contributed by atoms with Crippen molar-refractivity contribution >= 4 is 5.91 Å². The van der Waals surface area contributed by atoms with E-state index < -0.39 is 0 Å². The highest BCUT2D eigenvalue weighted by atomic mass is 16.5. The molecule has 1 aromatic heterocycles. The summed E-state index contributed by atoms with van der Waals surface area (Å²) < 4.78 is 10.8. The van der Waals surface area contributed by atoms with Gasteiger partial charge in [-0.1, -0.05) is 6.07 Å². The van der Waals surface area contributed by atoms with E-state index in [0.717, 1.165) is 47.7 Å². The quantitative estimate of drug-likeness (QED) is 0.838. The minimum Gasteiger partial charge on any atom is -0.497 e. The van der Waals surface area contributed by atoms with Crippen LogP contribution in [0.5, 0.6) is 11.5 Å². The number of carbonyl (C=O) groups is 1. The van der Waals surface area contributed by atoms with Gasteiger partial charge in [-0.15, -0.1) is 0 Å². The molecule has 132 valence electrons. The standard InChI is InChI=1S/C20H24N2O3/c1-14-6-7-15(13-21-14)11-20(23)22-10-4-5-18(22)17-9-8-16(24-2)12-19(17)25-3/h6-9,12-13,18H,4-5,10-11H2,1-3H3/t18-/m1/s1. The predicted octanol–water partition coefficient (Wildman–Crippen LogP) is 3.31. The minimum absolute atomic E-state index is 0.0479. The fraction of sp³-hybridized carbons (Fsp3) is 0.400. The first-order valence-corrected chi connectivity index (χ1v) is 8.55. The molecule has 5 nitrogen and oxygen atoms in total. The van der Waals surface area contributed by atoms with Crippen molar-refractivity contribution in [2.24, 2.45) is 0 Å². The lowest BCUT2D eigenvalue weighted by Gasteiger charge is -2.26. The van der Waals surface area contributed by atoms with Crippen molar-refractivity contribution in [1.82, 2.24) is 9.88 Å². The Hall–Kier alpha value is -2.56. The van der Waals surface area contributed by atoms with E-state index in [-0.39, 0.29) is 11.9 Å². The zero-order valence-electron chi connectivity index (χ0n) is 15.0. The summed E-state index contributed by atoms with van der Waals surface area (Å²) in [6, 6.07) is 9.76. The van der Waals surface area contributed by atoms with Crippen LogP contribution in [0.2, 0.25) is 0 Å². The molecule has 0 bridgehead atoms. The fourth-order valence-electron chi connectivity index (χ4n) is 3.36. The summed E-state index contributed by atoms with van der Waals surface area (Å²) >= 11 is 0. The van der Waals surface area contributed by atoms with Crippen molar-refractivity contribution in [3.05, 3.63) is 53.3 Å². The van der Waals surface area contributed by atoms with Crippen molar-refractivity contribution in [1.29, 1.82) is 0 Å². The molecule has 1 atom stereocenters. The third-order valence-electron chi connectivity index (χ3n) is 4.70. The van der Waals surface area contributed by atoms with Crippen LogP contribution in [-0.2, 0) is 11.2 Å². The molecule has 0 saturated carbocycles. The lowest BCUT2D eigenvalue weighted by molar-refractivity contribution is -0.131. The van der Waals surface area contributed by atoms with Gasteiger partial charge in [-0.3, -0.25) is 9.78 Å². The lowest BCUT2D eigenvalue weighted by atomic mass is 10.0. The van der Waals surface area contributed by atoms with Gasteiger partial charge in [-0.05, 0) is 43.5 Å². The number of likely N-dealkylation sites (tertiary alicyclic amines) is 1. The summed E-state index contributed by atoms with van der Waals surface area (Å²) in [6.07, 6.45) is 4.10. The van der Waals surface area contributed by atoms with Gasteiger partial charge < -0.3 is 14.4 Å². The smallest absolute Gasteiger partial charge is 0.227 e. The van der Waals surface area contributed by atoms with E-state index >= 15 is 0 Å². The summed E-state index contributed by atoms with van der Waals surface area (Å²) in [7, 11) is 3.28. The molecule has 2 aromatic rings. The van der Waals surface area contributed by atoms with Gasteiger partial charge in [0, 0.05) is 30.1 Å². The summed E-state index contributed by atoms with van der Waals surface area (Å²) in [5.74, 6) is 1.65. The number of amides is 1. The van der Waals surface area contributed by atoms with Crippen molar-refractivity contribution in [3.63, 3.8) is 0 Å². The summed E-state index contributed by atoms with van der Waals surface area (Å²) in [5.41, 5.74) is 2.94. The zero-order chi connectivity index (χ0) is 17.8. The maximum atomic E-state index is 12.8. The number of aryl methyl sites for hydroxylation is 1. The van der Waals surface area contributed by atoms with Gasteiger partial charge in [0.1, 0.15) is 11.5 Å². The van der Waals surface area contributed by atoms with Crippen LogP contribution >= 0.6 is 0 Å². The molecule has 3 rings (SSSR count). The van der Waals surface area contributed by atoms with Gasteiger partial charge in [-0.2, -0.15) is 0 Å². The number of pyridine rings is 1. The van der Waals surface area contributed by atoms with Crippen LogP contribution in [0.4, 0.5) is 0 Å². The van der Waals surface area contributed by atoms with Gasteiger partial charge in [-0.25, -0.2) is 0 Å². The maximum absolute atomic E-state index is 12.8. The maximum Gasteiger partial charge on any atom is 0.227 e. The highest BCUT2D eigenvalue weighted by Gasteiger charge is 2.31. The Bertz CT molecular complexity index is 743. The van der Waals surface area contributed by atoms with E-state index in [9.17, 15) is 4.79 Å². The molecular formula is C20H24N2O3. The van der Waals surface area contributed by atoms with Crippen molar-refractivity contribution in [2.75, 3.05) is 20.8 Å². The number of rotatable bonds is 5. The first-order chi connectivity index (χ1) is 12.1. The van der Waals surface area contributed by atoms with Crippen molar-refractivity contribution in [2.45, 2.75) is 32.2 Å². The topological polar surface area (TPSA) is 51.7 Å². The highest BCUT2D eigenvalue weighted by Crippen LogP contribution is 2.38. The second kappa shape index (κ2) is 7.55. The third-order valence-corrected chi connectivity index (χ3v) is 4.70. The summed E-state index contributed by atoms with van der Waals surface area (Å²) in [5, 5.41) is 0. The number of methoxy groups -OCH3 is 2. The molecule has 1 aliphatic rings. The van der Waals surface area contributed by atoms with Gasteiger partial charge >= 0.3 is 0 Å². The highest BCUT2D eigenvalue weighted by molar-refractivity contribution is 5.79. The van der Waals surface area contributed by atoms with E-state index in [1.165, 1.54) is 0 Å². The number of carbonyl (C=O) groups excluding carboxylic acids is 1. The van der Waals surface area contributed by atoms with Crippen LogP contribution in [0.3, 0.4) is 0 Å². The van der Waals surface area contributed by atoms with E-state index in [0.29, 0.717) is 6.42 Å². The molecule has 0 N–H and O–H groups in total. The number of hydrogen-bond donors (Lipinski definition) is 0. The average molecular weight is 340 g/mol. The molecule has 25 heavy (non-hydrogen) atoms. The number of ether oxygens (including phenoxy) is 2. The van der Waals surface area contributed by atoms with E-state index in [1.54, 1.807) is 20.4 Å². The normalized spacial score (nSPS) is 16.8. The van der Waals surface area contributed by atoms with Gasteiger partial charge in [0.2, 0.25) is 5.91 Å². The van der Waals surface area contributed by atoms with Gasteiger partial charge in [0.15, 0.2) is 0 Å². The zero-order valence-corrected chi connectivity index (χ0v) is 15.0. The number of hydrogen-bond acceptors (Lipinski definition) is 4. The van der Waals surface area contributed by atoms with E-state index in [1.807, 2.05) is 42.2 Å². The molecule has 0 radical (unpaired) electrons. The first kappa shape index (κ1) is 17.3. The largest absolute Gasteiger partial charge is 0.497 e. The second-order valence-electron chi connectivity index (χ2n) is 6.34. The number of aromatic nitrogens is 1. The summed E-state index contributed by atoms with van der Waals surface area (Å²) in [6.45, 7) is 2.72. The Labute approximate surface area is 148 Å². The van der Waals surface area contributed by atoms with Crippen LogP contribution in [0.15, 0.2) is 36.5 Å². The first-order valence-electron chi connectivity index (χ1n) is 8.55. The van der Waals surface area contributed by atoms with Crippen molar-refractivity contribution in [3.8, 4) is 11.5 Å². The van der Waals surface area contributed by atoms with Gasteiger partial charge in [0.05, 0.1) is 26.7 Å². The molecule has 1 aromatic carbocycles. The Morgan fingerprint density at radius 3 is 2.76 bits per heavy atom. The predicted molar refractivity (Wildman–Crippen MR) is 95.9 cm³/mol. The molecule has 1 amide bonds. The Kier molecular flexibility index (Phi) is 5.22. The Balaban J connectivity index is 1.80. The van der Waals surface area contributed by atoms with Crippen molar-refractivity contribution < 1.29 is 14.3 Å². The molecule has 0 unspecified atom stereocenters. The molecule has 1 aliphatic heterocycles. The van der Waals surface area contributed by atoms with E-state index in [2.05, 4.69) is 4.98 Å². The second-order valence-corrected chi connectivity index (χ2v) is 6.34. The minimum atomic E-state index is 0.0479. The van der Waals surface area contributed by atoms with Crippen LogP contribution in [0, 0.1) is 6.92 Å². The van der Waals surface area contributed by atoms with Crippen LogP contribution in [0.25, 0.3) is 0 Å². The molecule has 5 heteroatoms. The Morgan fingerprint density at radius 1 is 1.24 bits per heavy atom. The molecule has 1 saturated heterocycles.